The first-order valence-electron chi connectivity index (χ1n) is 17.2. The van der Waals surface area contributed by atoms with Gasteiger partial charge in [0.2, 0.25) is 10.0 Å². The lowest BCUT2D eigenvalue weighted by molar-refractivity contribution is -0.0629. The molecule has 0 spiro atoms. The molecule has 8 nitrogen and oxygen atoms in total. The van der Waals surface area contributed by atoms with Crippen LogP contribution < -0.4 is 14.4 Å². The molecule has 6 atom stereocenters. The molecule has 0 saturated heterocycles. The lowest BCUT2D eigenvalue weighted by atomic mass is 9.68. The maximum absolute atomic E-state index is 15.5. The fourth-order valence-electron chi connectivity index (χ4n) is 7.46. The third-order valence-corrected chi connectivity index (χ3v) is 13.0. The number of amides is 1. The van der Waals surface area contributed by atoms with Crippen molar-refractivity contribution in [3.63, 3.8) is 0 Å². The van der Waals surface area contributed by atoms with Crippen molar-refractivity contribution in [1.82, 2.24) is 9.71 Å². The summed E-state index contributed by atoms with van der Waals surface area (Å²) in [6, 6.07) is 14.2. The van der Waals surface area contributed by atoms with Gasteiger partial charge in [0.05, 0.1) is 41.0 Å². The largest absolute Gasteiger partial charge is 0.491 e. The zero-order valence-corrected chi connectivity index (χ0v) is 29.7. The Balaban J connectivity index is 1.45. The predicted molar refractivity (Wildman–Crippen MR) is 190 cm³/mol. The van der Waals surface area contributed by atoms with E-state index in [1.165, 1.54) is 0 Å². The summed E-state index contributed by atoms with van der Waals surface area (Å²) in [5.74, 6) is -0.690. The highest BCUT2D eigenvalue weighted by molar-refractivity contribution is 7.90. The van der Waals surface area contributed by atoms with E-state index < -0.39 is 27.0 Å². The predicted octanol–water partition coefficient (Wildman–Crippen LogP) is 7.50. The highest BCUT2D eigenvalue weighted by atomic mass is 35.5. The quantitative estimate of drug-likeness (QED) is 0.280. The summed E-state index contributed by atoms with van der Waals surface area (Å²) >= 11 is 6.26. The normalized spacial score (nSPS) is 27.3. The van der Waals surface area contributed by atoms with Gasteiger partial charge in [-0.3, -0.25) is 9.78 Å². The van der Waals surface area contributed by atoms with Crippen LogP contribution in [0.5, 0.6) is 5.75 Å². The van der Waals surface area contributed by atoms with Crippen LogP contribution in [0, 0.1) is 29.5 Å². The maximum Gasteiger partial charge on any atom is 0.264 e. The minimum Gasteiger partial charge on any atom is -0.491 e. The number of carbonyl (C=O) groups is 1. The van der Waals surface area contributed by atoms with E-state index in [-0.39, 0.29) is 40.4 Å². The van der Waals surface area contributed by atoms with Crippen LogP contribution in [0.4, 0.5) is 10.1 Å². The summed E-state index contributed by atoms with van der Waals surface area (Å²) in [6.45, 7) is 9.31. The first kappa shape index (κ1) is 35.4. The number of allylic oxidation sites excluding steroid dienone is 1. The van der Waals surface area contributed by atoms with E-state index in [2.05, 4.69) is 21.2 Å². The van der Waals surface area contributed by atoms with Crippen LogP contribution >= 0.6 is 11.6 Å². The van der Waals surface area contributed by atoms with E-state index in [0.717, 1.165) is 30.5 Å². The fraction of sp³-hybridized carbons (Fsp3) is 0.474. The van der Waals surface area contributed by atoms with E-state index in [0.29, 0.717) is 62.6 Å². The average molecular weight is 710 g/mol. The molecule has 2 aliphatic heterocycles. The Labute approximate surface area is 294 Å². The third kappa shape index (κ3) is 7.81. The Bertz CT molecular complexity index is 1770. The minimum absolute atomic E-state index is 0.0923. The molecule has 1 amide bonds. The summed E-state index contributed by atoms with van der Waals surface area (Å²) < 4.78 is 58.2. The molecule has 0 radical (unpaired) electrons. The van der Waals surface area contributed by atoms with Gasteiger partial charge in [0.1, 0.15) is 11.6 Å². The molecule has 6 rings (SSSR count). The molecule has 3 heterocycles. The third-order valence-electron chi connectivity index (χ3n) is 10.8. The number of halogens is 2. The van der Waals surface area contributed by atoms with Gasteiger partial charge in [-0.25, -0.2) is 17.5 Å². The number of fused-ring (bicyclic) bond motifs is 3. The van der Waals surface area contributed by atoms with Crippen molar-refractivity contribution >= 4 is 33.2 Å². The second-order valence-corrected chi connectivity index (χ2v) is 16.2. The number of ether oxygens (including phenoxy) is 2. The molecule has 1 aliphatic carbocycles. The van der Waals surface area contributed by atoms with Gasteiger partial charge < -0.3 is 14.4 Å². The van der Waals surface area contributed by atoms with Gasteiger partial charge in [0.25, 0.3) is 5.91 Å². The number of hydrogen-bond donors (Lipinski definition) is 1. The Morgan fingerprint density at radius 1 is 1.16 bits per heavy atom. The molecule has 3 aromatic rings. The van der Waals surface area contributed by atoms with Crippen molar-refractivity contribution in [3.8, 4) is 5.75 Å². The van der Waals surface area contributed by atoms with Crippen LogP contribution in [0.25, 0.3) is 0 Å². The monoisotopic (exact) mass is 709 g/mol. The van der Waals surface area contributed by atoms with Crippen molar-refractivity contribution < 1.29 is 27.1 Å². The number of sulfonamides is 1. The van der Waals surface area contributed by atoms with E-state index in [4.69, 9.17) is 21.1 Å². The second-order valence-electron chi connectivity index (χ2n) is 13.7. The lowest BCUT2D eigenvalue weighted by Crippen LogP contribution is -2.45. The molecule has 1 fully saturated rings. The average Bonchev–Trinajstić information content (AvgIpc) is 3.11. The Morgan fingerprint density at radius 2 is 2.00 bits per heavy atom. The number of rotatable bonds is 4. The van der Waals surface area contributed by atoms with Gasteiger partial charge in [-0.2, -0.15) is 0 Å². The van der Waals surface area contributed by atoms with Crippen LogP contribution in [-0.2, 0) is 34.3 Å². The number of nitrogens with one attached hydrogen (secondary N) is 1. The van der Waals surface area contributed by atoms with Crippen LogP contribution in [-0.4, -0.2) is 43.8 Å². The number of carbonyl (C=O) groups excluding carboxylic acids is 1. The van der Waals surface area contributed by atoms with Crippen LogP contribution in [0.1, 0.15) is 73.1 Å². The molecule has 11 heteroatoms. The highest BCUT2D eigenvalue weighted by Gasteiger charge is 2.42. The van der Waals surface area contributed by atoms with Gasteiger partial charge in [-0.15, -0.1) is 6.58 Å². The van der Waals surface area contributed by atoms with Gasteiger partial charge in [0, 0.05) is 24.8 Å². The van der Waals surface area contributed by atoms with Crippen molar-refractivity contribution in [2.75, 3.05) is 18.1 Å². The first-order valence-corrected chi connectivity index (χ1v) is 19.2. The lowest BCUT2D eigenvalue weighted by Gasteiger charge is -2.45. The SMILES string of the molecule is C=C[C@H]1C[C@H](OCc2ccccn2)[C@@H]2CC[C@H]2CN2Cc3ccc(Cl)c(F)c3CCCCOc3ccc(cc32)C(=O)NS(=O)(=O)[C@H](C)[C@H]1C. The molecule has 1 saturated carbocycles. The number of nitrogens with zero attached hydrogens (tertiary/aromatic N) is 2. The van der Waals surface area contributed by atoms with Gasteiger partial charge in [-0.05, 0) is 117 Å². The van der Waals surface area contributed by atoms with Crippen molar-refractivity contribution in [1.29, 1.82) is 0 Å². The van der Waals surface area contributed by atoms with E-state index in [1.807, 2.05) is 37.3 Å². The smallest absolute Gasteiger partial charge is 0.264 e. The van der Waals surface area contributed by atoms with Crippen molar-refractivity contribution in [2.45, 2.75) is 76.9 Å². The molecule has 262 valence electrons. The molecular weight excluding hydrogens is 665 g/mol. The Morgan fingerprint density at radius 3 is 2.73 bits per heavy atom. The Hall–Kier alpha value is -3.47. The molecule has 3 aliphatic rings. The van der Waals surface area contributed by atoms with Crippen molar-refractivity contribution in [3.05, 3.63) is 101 Å². The molecule has 1 N–H and O–H groups in total. The molecule has 49 heavy (non-hydrogen) atoms. The summed E-state index contributed by atoms with van der Waals surface area (Å²) in [5, 5.41) is -0.786. The summed E-state index contributed by atoms with van der Waals surface area (Å²) in [7, 11) is -4.06. The fourth-order valence-corrected chi connectivity index (χ4v) is 8.97. The number of anilines is 1. The summed E-state index contributed by atoms with van der Waals surface area (Å²) in [6.07, 6.45) is 7.78. The number of benzene rings is 2. The first-order chi connectivity index (χ1) is 23.6. The van der Waals surface area contributed by atoms with E-state index in [9.17, 15) is 13.2 Å². The van der Waals surface area contributed by atoms with Gasteiger partial charge in [0.15, 0.2) is 0 Å². The number of aromatic nitrogens is 1. The van der Waals surface area contributed by atoms with Crippen LogP contribution in [0.2, 0.25) is 5.02 Å². The molecule has 1 aromatic heterocycles. The van der Waals surface area contributed by atoms with Gasteiger partial charge in [-0.1, -0.05) is 36.7 Å². The zero-order valence-electron chi connectivity index (χ0n) is 28.1. The van der Waals surface area contributed by atoms with Gasteiger partial charge >= 0.3 is 0 Å². The van der Waals surface area contributed by atoms with Crippen LogP contribution in [0.3, 0.4) is 0 Å². The second kappa shape index (κ2) is 15.2. The summed E-state index contributed by atoms with van der Waals surface area (Å²) in [5.41, 5.74) is 3.08. The Kier molecular flexibility index (Phi) is 11.0. The van der Waals surface area contributed by atoms with E-state index in [1.54, 1.807) is 37.4 Å². The maximum atomic E-state index is 15.5. The number of hydrogen-bond acceptors (Lipinski definition) is 7. The van der Waals surface area contributed by atoms with E-state index >= 15 is 4.39 Å². The highest BCUT2D eigenvalue weighted by Crippen LogP contribution is 2.44. The number of pyridine rings is 1. The molecule has 2 aromatic carbocycles. The molecular formula is C38H45ClFN3O5S. The molecule has 2 bridgehead atoms. The minimum atomic E-state index is -4.06. The van der Waals surface area contributed by atoms with Crippen molar-refractivity contribution in [2.24, 2.45) is 23.7 Å². The zero-order chi connectivity index (χ0) is 34.7. The van der Waals surface area contributed by atoms with Crippen LogP contribution in [0.15, 0.2) is 67.4 Å². The standard InChI is InChI=1S/C38H45ClFN3O5S/c1-4-26-20-36(48-23-30-9-5-7-17-41-30)31-14-11-28(31)21-43-22-29-12-15-33(39)37(40)32(29)10-6-8-18-47-35-16-13-27(19-34(35)43)38(44)42-49(45,46)25(3)24(26)2/h4-5,7,9,12-13,15-17,19,24-26,28,31,36H,1,6,8,10-11,14,18,20-23H2,2-3H3,(H,42,44)/t24-,25-,26+,28+,31-,36+/m1/s1. The summed E-state index contributed by atoms with van der Waals surface area (Å²) in [4.78, 5) is 20.2. The molecule has 0 unspecified atom stereocenters. The topological polar surface area (TPSA) is 97.8 Å².